The summed E-state index contributed by atoms with van der Waals surface area (Å²) in [4.78, 5) is 7.06. The largest absolute Gasteiger partial charge is 0.295 e. The zero-order valence-corrected chi connectivity index (χ0v) is 16.3. The van der Waals surface area contributed by atoms with E-state index in [1.54, 1.807) is 11.3 Å². The molecule has 0 radical (unpaired) electrons. The highest BCUT2D eigenvalue weighted by atomic mass is 32.2. The molecule has 0 saturated carbocycles. The van der Waals surface area contributed by atoms with Crippen LogP contribution in [0, 0.1) is 5.82 Å². The molecule has 0 aliphatic carbocycles. The fourth-order valence-electron chi connectivity index (χ4n) is 3.28. The fourth-order valence-corrected chi connectivity index (χ4v) is 5.76. The third-order valence-corrected chi connectivity index (χ3v) is 7.63. The van der Waals surface area contributed by atoms with E-state index < -0.39 is 15.8 Å². The molecule has 1 aliphatic rings. The molecule has 0 N–H and O–H groups in total. The van der Waals surface area contributed by atoms with Gasteiger partial charge < -0.3 is 0 Å². The van der Waals surface area contributed by atoms with Gasteiger partial charge in [0.2, 0.25) is 10.0 Å². The summed E-state index contributed by atoms with van der Waals surface area (Å²) in [5.41, 5.74) is 1.01. The van der Waals surface area contributed by atoms with Crippen molar-refractivity contribution in [2.75, 3.05) is 26.2 Å². The maximum atomic E-state index is 13.1. The number of aromatic nitrogens is 1. The minimum absolute atomic E-state index is 0.142. The molecule has 0 atom stereocenters. The number of hydrogen-bond donors (Lipinski definition) is 0. The van der Waals surface area contributed by atoms with Crippen molar-refractivity contribution in [3.63, 3.8) is 0 Å². The minimum atomic E-state index is -3.59. The van der Waals surface area contributed by atoms with Crippen LogP contribution in [0.5, 0.6) is 0 Å². The second-order valence-electron chi connectivity index (χ2n) is 6.56. The summed E-state index contributed by atoms with van der Waals surface area (Å²) < 4.78 is 41.4. The standard InChI is InChI=1S/C19H20FN3O2S2/c20-15-6-8-16(9-7-15)27(24,25)23-11-3-10-22(12-13-23)14-19-21-17-4-1-2-5-18(17)26-19/h1-2,4-9H,3,10-14H2. The lowest BCUT2D eigenvalue weighted by Gasteiger charge is -2.21. The Hall–Kier alpha value is -1.87. The van der Waals surface area contributed by atoms with Gasteiger partial charge in [0, 0.05) is 19.6 Å². The Morgan fingerprint density at radius 1 is 1.00 bits per heavy atom. The molecule has 8 heteroatoms. The molecule has 142 valence electrons. The van der Waals surface area contributed by atoms with Crippen molar-refractivity contribution in [1.82, 2.24) is 14.2 Å². The molecule has 2 aromatic carbocycles. The van der Waals surface area contributed by atoms with E-state index in [0.717, 1.165) is 30.0 Å². The van der Waals surface area contributed by atoms with E-state index in [9.17, 15) is 12.8 Å². The summed E-state index contributed by atoms with van der Waals surface area (Å²) in [5.74, 6) is -0.438. The summed E-state index contributed by atoms with van der Waals surface area (Å²) in [7, 11) is -3.59. The van der Waals surface area contributed by atoms with Crippen LogP contribution in [-0.4, -0.2) is 48.8 Å². The number of halogens is 1. The smallest absolute Gasteiger partial charge is 0.243 e. The molecule has 0 bridgehead atoms. The van der Waals surface area contributed by atoms with E-state index in [2.05, 4.69) is 16.0 Å². The maximum absolute atomic E-state index is 13.1. The highest BCUT2D eigenvalue weighted by molar-refractivity contribution is 7.89. The van der Waals surface area contributed by atoms with Crippen LogP contribution in [0.4, 0.5) is 4.39 Å². The summed E-state index contributed by atoms with van der Waals surface area (Å²) in [6.45, 7) is 3.09. The monoisotopic (exact) mass is 405 g/mol. The van der Waals surface area contributed by atoms with Crippen LogP contribution >= 0.6 is 11.3 Å². The lowest BCUT2D eigenvalue weighted by Crippen LogP contribution is -2.35. The molecule has 0 amide bonds. The predicted octanol–water partition coefficient (Wildman–Crippen LogP) is 3.33. The maximum Gasteiger partial charge on any atom is 0.243 e. The van der Waals surface area contributed by atoms with Crippen molar-refractivity contribution in [2.45, 2.75) is 17.9 Å². The van der Waals surface area contributed by atoms with Crippen LogP contribution in [0.2, 0.25) is 0 Å². The molecule has 1 aromatic heterocycles. The molecule has 27 heavy (non-hydrogen) atoms. The van der Waals surface area contributed by atoms with Crippen LogP contribution in [-0.2, 0) is 16.6 Å². The number of fused-ring (bicyclic) bond motifs is 1. The second-order valence-corrected chi connectivity index (χ2v) is 9.62. The first kappa shape index (κ1) is 18.5. The quantitative estimate of drug-likeness (QED) is 0.668. The van der Waals surface area contributed by atoms with Gasteiger partial charge >= 0.3 is 0 Å². The van der Waals surface area contributed by atoms with Crippen LogP contribution in [0.15, 0.2) is 53.4 Å². The van der Waals surface area contributed by atoms with E-state index >= 15 is 0 Å². The zero-order chi connectivity index (χ0) is 18.9. The first-order chi connectivity index (χ1) is 13.0. The molecular weight excluding hydrogens is 385 g/mol. The molecule has 4 rings (SSSR count). The van der Waals surface area contributed by atoms with Crippen molar-refractivity contribution in [3.05, 3.63) is 59.4 Å². The van der Waals surface area contributed by atoms with E-state index in [0.29, 0.717) is 19.6 Å². The van der Waals surface area contributed by atoms with Crippen molar-refractivity contribution in [2.24, 2.45) is 0 Å². The van der Waals surface area contributed by atoms with Crippen molar-refractivity contribution < 1.29 is 12.8 Å². The number of hydrogen-bond acceptors (Lipinski definition) is 5. The molecular formula is C19H20FN3O2S2. The highest BCUT2D eigenvalue weighted by Gasteiger charge is 2.27. The van der Waals surface area contributed by atoms with Gasteiger partial charge in [0.1, 0.15) is 10.8 Å². The first-order valence-corrected chi connectivity index (χ1v) is 11.1. The SMILES string of the molecule is O=S(=O)(c1ccc(F)cc1)N1CCCN(Cc2nc3ccccc3s2)CC1. The van der Waals surface area contributed by atoms with Crippen LogP contribution in [0.3, 0.4) is 0 Å². The van der Waals surface area contributed by atoms with Gasteiger partial charge in [-0.25, -0.2) is 17.8 Å². The molecule has 1 fully saturated rings. The Morgan fingerprint density at radius 2 is 1.78 bits per heavy atom. The Bertz CT molecular complexity index is 1000. The number of benzene rings is 2. The zero-order valence-electron chi connectivity index (χ0n) is 14.7. The lowest BCUT2D eigenvalue weighted by atomic mass is 10.3. The number of rotatable bonds is 4. The normalized spacial score (nSPS) is 17.2. The van der Waals surface area contributed by atoms with Gasteiger partial charge in [-0.15, -0.1) is 11.3 Å². The second kappa shape index (κ2) is 7.63. The van der Waals surface area contributed by atoms with Crippen LogP contribution in [0.1, 0.15) is 11.4 Å². The summed E-state index contributed by atoms with van der Waals surface area (Å²) in [6, 6.07) is 13.1. The van der Waals surface area contributed by atoms with Crippen molar-refractivity contribution in [3.8, 4) is 0 Å². The average Bonchev–Trinajstić information content (AvgIpc) is 2.91. The molecule has 2 heterocycles. The van der Waals surface area contributed by atoms with Gasteiger partial charge in [-0.05, 0) is 49.4 Å². The highest BCUT2D eigenvalue weighted by Crippen LogP contribution is 2.24. The van der Waals surface area contributed by atoms with Gasteiger partial charge in [0.05, 0.1) is 21.7 Å². The molecule has 1 aliphatic heterocycles. The summed E-state index contributed by atoms with van der Waals surface area (Å²) in [5, 5.41) is 1.05. The third-order valence-electron chi connectivity index (χ3n) is 4.70. The molecule has 0 spiro atoms. The third kappa shape index (κ3) is 4.03. The Balaban J connectivity index is 1.44. The number of para-hydroxylation sites is 1. The fraction of sp³-hybridized carbons (Fsp3) is 0.316. The van der Waals surface area contributed by atoms with Gasteiger partial charge in [-0.2, -0.15) is 4.31 Å². The van der Waals surface area contributed by atoms with E-state index in [-0.39, 0.29) is 4.90 Å². The number of thiazole rings is 1. The van der Waals surface area contributed by atoms with Crippen LogP contribution < -0.4 is 0 Å². The first-order valence-electron chi connectivity index (χ1n) is 8.85. The van der Waals surface area contributed by atoms with E-state index in [4.69, 9.17) is 0 Å². The Morgan fingerprint density at radius 3 is 2.56 bits per heavy atom. The lowest BCUT2D eigenvalue weighted by molar-refractivity contribution is 0.278. The molecule has 1 saturated heterocycles. The van der Waals surface area contributed by atoms with Crippen molar-refractivity contribution in [1.29, 1.82) is 0 Å². The van der Waals surface area contributed by atoms with Gasteiger partial charge in [-0.1, -0.05) is 12.1 Å². The Labute approximate surface area is 162 Å². The van der Waals surface area contributed by atoms with Gasteiger partial charge in [0.25, 0.3) is 0 Å². The number of nitrogens with zero attached hydrogens (tertiary/aromatic N) is 3. The molecule has 0 unspecified atom stereocenters. The van der Waals surface area contributed by atoms with Gasteiger partial charge in [0.15, 0.2) is 0 Å². The van der Waals surface area contributed by atoms with E-state index in [1.165, 1.54) is 33.3 Å². The summed E-state index contributed by atoms with van der Waals surface area (Å²) >= 11 is 1.68. The van der Waals surface area contributed by atoms with Crippen molar-refractivity contribution >= 4 is 31.6 Å². The summed E-state index contributed by atoms with van der Waals surface area (Å²) in [6.07, 6.45) is 0.755. The minimum Gasteiger partial charge on any atom is -0.295 e. The van der Waals surface area contributed by atoms with Gasteiger partial charge in [-0.3, -0.25) is 4.90 Å². The van der Waals surface area contributed by atoms with E-state index in [1.807, 2.05) is 18.2 Å². The molecule has 5 nitrogen and oxygen atoms in total. The van der Waals surface area contributed by atoms with Crippen LogP contribution in [0.25, 0.3) is 10.2 Å². The predicted molar refractivity (Wildman–Crippen MR) is 105 cm³/mol. The average molecular weight is 406 g/mol. The number of sulfonamides is 1. The Kier molecular flexibility index (Phi) is 5.23. The molecule has 3 aromatic rings. The topological polar surface area (TPSA) is 53.5 Å².